The Hall–Kier alpha value is -0.930. The van der Waals surface area contributed by atoms with Crippen LogP contribution in [0, 0.1) is 0 Å². The van der Waals surface area contributed by atoms with Crippen molar-refractivity contribution < 1.29 is 9.50 Å². The van der Waals surface area contributed by atoms with Gasteiger partial charge in [-0.3, -0.25) is 4.90 Å². The lowest BCUT2D eigenvalue weighted by atomic mass is 10.1. The molecular weight excluding hydrogens is 193 g/mol. The minimum absolute atomic E-state index is 0.0491. The van der Waals surface area contributed by atoms with Crippen molar-refractivity contribution in [3.8, 4) is 0 Å². The quantitative estimate of drug-likeness (QED) is 0.820. The van der Waals surface area contributed by atoms with Crippen molar-refractivity contribution in [2.75, 3.05) is 19.7 Å². The van der Waals surface area contributed by atoms with Gasteiger partial charge in [-0.05, 0) is 12.0 Å². The number of alkyl halides is 1. The number of nitrogens with zero attached hydrogens (tertiary/aromatic N) is 1. The standard InChI is InChI=1S/C12H16FNO/c13-11-6-7-14(8-11)12(9-15)10-4-2-1-3-5-10/h1-5,11-12,15H,6-9H2. The number of hydrogen-bond donors (Lipinski definition) is 1. The topological polar surface area (TPSA) is 23.5 Å². The fraction of sp³-hybridized carbons (Fsp3) is 0.500. The third-order valence-electron chi connectivity index (χ3n) is 2.96. The molecule has 1 saturated heterocycles. The monoisotopic (exact) mass is 209 g/mol. The first-order valence-corrected chi connectivity index (χ1v) is 5.35. The smallest absolute Gasteiger partial charge is 0.114 e. The van der Waals surface area contributed by atoms with Gasteiger partial charge in [-0.1, -0.05) is 30.3 Å². The maximum atomic E-state index is 13.1. The highest BCUT2D eigenvalue weighted by molar-refractivity contribution is 5.19. The Balaban J connectivity index is 2.11. The van der Waals surface area contributed by atoms with Crippen molar-refractivity contribution in [1.82, 2.24) is 4.90 Å². The van der Waals surface area contributed by atoms with E-state index in [2.05, 4.69) is 0 Å². The summed E-state index contributed by atoms with van der Waals surface area (Å²) < 4.78 is 13.1. The molecule has 0 saturated carbocycles. The fourth-order valence-electron chi connectivity index (χ4n) is 2.13. The van der Waals surface area contributed by atoms with Crippen LogP contribution in [0.1, 0.15) is 18.0 Å². The molecule has 2 unspecified atom stereocenters. The zero-order chi connectivity index (χ0) is 10.7. The molecular formula is C12H16FNO. The van der Waals surface area contributed by atoms with Gasteiger partial charge in [0.15, 0.2) is 0 Å². The van der Waals surface area contributed by atoms with Crippen molar-refractivity contribution >= 4 is 0 Å². The molecule has 1 aliphatic heterocycles. The lowest BCUT2D eigenvalue weighted by molar-refractivity contribution is 0.139. The summed E-state index contributed by atoms with van der Waals surface area (Å²) in [7, 11) is 0. The molecule has 15 heavy (non-hydrogen) atoms. The van der Waals surface area contributed by atoms with E-state index in [0.29, 0.717) is 13.0 Å². The van der Waals surface area contributed by atoms with Gasteiger partial charge < -0.3 is 5.11 Å². The summed E-state index contributed by atoms with van der Waals surface area (Å²) in [5, 5.41) is 9.36. The van der Waals surface area contributed by atoms with Crippen LogP contribution in [0.3, 0.4) is 0 Å². The first-order valence-electron chi connectivity index (χ1n) is 5.35. The van der Waals surface area contributed by atoms with E-state index in [4.69, 9.17) is 0 Å². The number of benzene rings is 1. The molecule has 1 aliphatic rings. The minimum Gasteiger partial charge on any atom is -0.394 e. The Bertz CT molecular complexity index is 304. The number of hydrogen-bond acceptors (Lipinski definition) is 2. The molecule has 2 atom stereocenters. The second kappa shape index (κ2) is 4.73. The summed E-state index contributed by atoms with van der Waals surface area (Å²) in [6.07, 6.45) is -0.147. The summed E-state index contributed by atoms with van der Waals surface area (Å²) >= 11 is 0. The van der Waals surface area contributed by atoms with Crippen LogP contribution in [0.15, 0.2) is 30.3 Å². The van der Waals surface area contributed by atoms with Gasteiger partial charge in [0.1, 0.15) is 6.17 Å². The Kier molecular flexibility index (Phi) is 3.34. The van der Waals surface area contributed by atoms with Crippen LogP contribution in [-0.4, -0.2) is 35.9 Å². The molecule has 0 aliphatic carbocycles. The average Bonchev–Trinajstić information content (AvgIpc) is 2.68. The van der Waals surface area contributed by atoms with E-state index < -0.39 is 6.17 Å². The number of aliphatic hydroxyl groups excluding tert-OH is 1. The molecule has 0 aromatic heterocycles. The molecule has 1 fully saturated rings. The van der Waals surface area contributed by atoms with Crippen LogP contribution < -0.4 is 0 Å². The number of halogens is 1. The molecule has 3 heteroatoms. The molecule has 0 bridgehead atoms. The van der Waals surface area contributed by atoms with Gasteiger partial charge >= 0.3 is 0 Å². The SMILES string of the molecule is OCC(c1ccccc1)N1CCC(F)C1. The van der Waals surface area contributed by atoms with Crippen LogP contribution >= 0.6 is 0 Å². The van der Waals surface area contributed by atoms with Gasteiger partial charge in [0.2, 0.25) is 0 Å². The summed E-state index contributed by atoms with van der Waals surface area (Å²) in [6.45, 7) is 1.23. The molecule has 0 radical (unpaired) electrons. The number of likely N-dealkylation sites (tertiary alicyclic amines) is 1. The van der Waals surface area contributed by atoms with Crippen molar-refractivity contribution in [3.63, 3.8) is 0 Å². The van der Waals surface area contributed by atoms with Gasteiger partial charge in [0.25, 0.3) is 0 Å². The van der Waals surface area contributed by atoms with Crippen LogP contribution in [0.25, 0.3) is 0 Å². The summed E-state index contributed by atoms with van der Waals surface area (Å²) in [6, 6.07) is 9.74. The largest absolute Gasteiger partial charge is 0.394 e. The molecule has 2 nitrogen and oxygen atoms in total. The minimum atomic E-state index is -0.734. The predicted octanol–water partition coefficient (Wildman–Crippen LogP) is 1.76. The molecule has 1 aromatic rings. The van der Waals surface area contributed by atoms with Gasteiger partial charge in [0.05, 0.1) is 12.6 Å². The summed E-state index contributed by atoms with van der Waals surface area (Å²) in [4.78, 5) is 2.01. The van der Waals surface area contributed by atoms with Crippen LogP contribution in [0.5, 0.6) is 0 Å². The van der Waals surface area contributed by atoms with E-state index >= 15 is 0 Å². The van der Waals surface area contributed by atoms with Crippen LogP contribution in [0.4, 0.5) is 4.39 Å². The van der Waals surface area contributed by atoms with E-state index in [1.807, 2.05) is 35.2 Å². The average molecular weight is 209 g/mol. The zero-order valence-electron chi connectivity index (χ0n) is 8.64. The van der Waals surface area contributed by atoms with Crippen LogP contribution in [0.2, 0.25) is 0 Å². The van der Waals surface area contributed by atoms with Crippen molar-refractivity contribution in [2.45, 2.75) is 18.6 Å². The molecule has 1 N–H and O–H groups in total. The Morgan fingerprint density at radius 1 is 1.40 bits per heavy atom. The van der Waals surface area contributed by atoms with Crippen molar-refractivity contribution in [2.24, 2.45) is 0 Å². The lowest BCUT2D eigenvalue weighted by Crippen LogP contribution is -2.29. The van der Waals surface area contributed by atoms with E-state index in [-0.39, 0.29) is 12.6 Å². The first kappa shape index (κ1) is 10.6. The van der Waals surface area contributed by atoms with E-state index in [0.717, 1.165) is 12.1 Å². The van der Waals surface area contributed by atoms with Gasteiger partial charge in [-0.25, -0.2) is 4.39 Å². The molecule has 1 heterocycles. The first-order chi connectivity index (χ1) is 7.31. The second-order valence-corrected chi connectivity index (χ2v) is 3.99. The maximum absolute atomic E-state index is 13.1. The van der Waals surface area contributed by atoms with E-state index in [1.54, 1.807) is 0 Å². The van der Waals surface area contributed by atoms with Crippen molar-refractivity contribution in [1.29, 1.82) is 0 Å². The maximum Gasteiger partial charge on any atom is 0.114 e. The molecule has 2 rings (SSSR count). The summed E-state index contributed by atoms with van der Waals surface area (Å²) in [5.41, 5.74) is 1.06. The van der Waals surface area contributed by atoms with Gasteiger partial charge in [0, 0.05) is 13.1 Å². The highest BCUT2D eigenvalue weighted by Gasteiger charge is 2.28. The number of rotatable bonds is 3. The van der Waals surface area contributed by atoms with E-state index in [1.165, 1.54) is 0 Å². The Morgan fingerprint density at radius 3 is 2.67 bits per heavy atom. The van der Waals surface area contributed by atoms with E-state index in [9.17, 15) is 9.50 Å². The zero-order valence-corrected chi connectivity index (χ0v) is 8.64. The fourth-order valence-corrected chi connectivity index (χ4v) is 2.13. The highest BCUT2D eigenvalue weighted by Crippen LogP contribution is 2.25. The third-order valence-corrected chi connectivity index (χ3v) is 2.96. The second-order valence-electron chi connectivity index (χ2n) is 3.99. The Labute approximate surface area is 89.3 Å². The van der Waals surface area contributed by atoms with Crippen molar-refractivity contribution in [3.05, 3.63) is 35.9 Å². The van der Waals surface area contributed by atoms with Gasteiger partial charge in [-0.15, -0.1) is 0 Å². The van der Waals surface area contributed by atoms with Crippen LogP contribution in [-0.2, 0) is 0 Å². The molecule has 0 amide bonds. The normalized spacial score (nSPS) is 24.3. The molecule has 82 valence electrons. The summed E-state index contributed by atoms with van der Waals surface area (Å²) in [5.74, 6) is 0. The molecule has 1 aromatic carbocycles. The predicted molar refractivity (Wildman–Crippen MR) is 57.4 cm³/mol. The molecule has 0 spiro atoms. The van der Waals surface area contributed by atoms with Gasteiger partial charge in [-0.2, -0.15) is 0 Å². The third kappa shape index (κ3) is 2.36. The Morgan fingerprint density at radius 2 is 2.13 bits per heavy atom. The number of aliphatic hydroxyl groups is 1. The lowest BCUT2D eigenvalue weighted by Gasteiger charge is -2.25. The highest BCUT2D eigenvalue weighted by atomic mass is 19.1.